The van der Waals surface area contributed by atoms with E-state index in [-0.39, 0.29) is 21.4 Å². The van der Waals surface area contributed by atoms with Crippen molar-refractivity contribution in [3.8, 4) is 0 Å². The van der Waals surface area contributed by atoms with Gasteiger partial charge in [0.05, 0.1) is 15.4 Å². The number of hydrogen-bond acceptors (Lipinski definition) is 6. The Morgan fingerprint density at radius 3 is 2.69 bits per heavy atom. The van der Waals surface area contributed by atoms with Crippen molar-refractivity contribution in [1.82, 2.24) is 5.32 Å². The molecule has 1 saturated heterocycles. The largest absolute Gasteiger partial charge is 0.461 e. The molecule has 1 N–H and O–H groups in total. The highest BCUT2D eigenvalue weighted by atomic mass is 35.5. The summed E-state index contributed by atoms with van der Waals surface area (Å²) in [5, 5.41) is 4.38. The van der Waals surface area contributed by atoms with Gasteiger partial charge in [0.25, 0.3) is 0 Å². The van der Waals surface area contributed by atoms with Gasteiger partial charge in [-0.3, -0.25) is 0 Å². The Morgan fingerprint density at radius 1 is 1.19 bits per heavy atom. The number of hydrogen-bond donors (Lipinski definition) is 1. The van der Waals surface area contributed by atoms with E-state index < -0.39 is 21.4 Å². The van der Waals surface area contributed by atoms with Crippen LogP contribution in [0.15, 0.2) is 50.6 Å². The Bertz CT molecular complexity index is 1350. The number of sulfone groups is 1. The lowest BCUT2D eigenvalue weighted by atomic mass is 9.96. The average molecular weight is 474 g/mol. The maximum atomic E-state index is 13.7. The number of rotatable bonds is 3. The van der Waals surface area contributed by atoms with Crippen LogP contribution in [0.25, 0.3) is 11.0 Å². The number of halogens is 1. The zero-order valence-corrected chi connectivity index (χ0v) is 19.6. The first kappa shape index (κ1) is 21.5. The molecule has 0 spiro atoms. The molecule has 0 amide bonds. The molecule has 2 atom stereocenters. The van der Waals surface area contributed by atoms with E-state index in [0.717, 1.165) is 24.2 Å². The normalized spacial score (nSPS) is 20.4. The van der Waals surface area contributed by atoms with Crippen molar-refractivity contribution in [2.24, 2.45) is 0 Å². The lowest BCUT2D eigenvalue weighted by molar-refractivity contribution is 0.00674. The second-order valence-corrected chi connectivity index (χ2v) is 11.8. The molecule has 5 rings (SSSR count). The van der Waals surface area contributed by atoms with E-state index in [4.69, 9.17) is 20.8 Å². The van der Waals surface area contributed by atoms with Gasteiger partial charge in [0.15, 0.2) is 0 Å². The molecule has 8 heteroatoms. The molecule has 168 valence electrons. The maximum absolute atomic E-state index is 13.7. The van der Waals surface area contributed by atoms with Crippen molar-refractivity contribution in [2.75, 3.05) is 0 Å². The number of carbonyl (C=O) groups is 1. The van der Waals surface area contributed by atoms with Crippen molar-refractivity contribution in [1.29, 1.82) is 0 Å². The van der Waals surface area contributed by atoms with Crippen LogP contribution in [0, 0.1) is 0 Å². The Morgan fingerprint density at radius 2 is 1.97 bits per heavy atom. The van der Waals surface area contributed by atoms with Crippen molar-refractivity contribution in [3.05, 3.63) is 58.3 Å². The zero-order valence-electron chi connectivity index (χ0n) is 18.1. The van der Waals surface area contributed by atoms with Crippen LogP contribution in [0.2, 0.25) is 5.02 Å². The number of carbonyl (C=O) groups excluding carboxylic acids is 1. The minimum atomic E-state index is -4.05. The van der Waals surface area contributed by atoms with E-state index in [1.807, 2.05) is 0 Å². The molecule has 32 heavy (non-hydrogen) atoms. The second kappa shape index (κ2) is 7.33. The van der Waals surface area contributed by atoms with Crippen LogP contribution in [0.3, 0.4) is 0 Å². The Balaban J connectivity index is 1.80. The zero-order chi connectivity index (χ0) is 22.8. The molecule has 1 fully saturated rings. The van der Waals surface area contributed by atoms with Crippen LogP contribution in [0.1, 0.15) is 61.3 Å². The van der Waals surface area contributed by atoms with Gasteiger partial charge >= 0.3 is 5.97 Å². The third-order valence-corrected chi connectivity index (χ3v) is 7.98. The standard InChI is InChI=1S/C24H24ClNO5S/c1-24(2,3)31-23(27)22-19(32(28,29)15-6-4-5-13(25)11-15)10-9-17-21(22)20-16-8-7-14(26-16)12-18(20)30-17/h4-6,9-11,14,16,26H,7-8,12H2,1-3H3. The molecule has 6 nitrogen and oxygen atoms in total. The molecule has 0 aliphatic carbocycles. The van der Waals surface area contributed by atoms with Crippen molar-refractivity contribution < 1.29 is 22.4 Å². The highest BCUT2D eigenvalue weighted by molar-refractivity contribution is 7.91. The van der Waals surface area contributed by atoms with Gasteiger partial charge in [0.2, 0.25) is 9.84 Å². The van der Waals surface area contributed by atoms with Crippen molar-refractivity contribution in [3.63, 3.8) is 0 Å². The van der Waals surface area contributed by atoms with Gasteiger partial charge in [0, 0.05) is 34.5 Å². The summed E-state index contributed by atoms with van der Waals surface area (Å²) in [7, 11) is -4.05. The fourth-order valence-corrected chi connectivity index (χ4v) is 6.46. The van der Waals surface area contributed by atoms with Gasteiger partial charge in [-0.1, -0.05) is 17.7 Å². The van der Waals surface area contributed by atoms with Gasteiger partial charge in [0.1, 0.15) is 16.9 Å². The van der Waals surface area contributed by atoms with E-state index in [0.29, 0.717) is 28.5 Å². The summed E-state index contributed by atoms with van der Waals surface area (Å²) >= 11 is 6.06. The molecule has 2 aromatic carbocycles. The van der Waals surface area contributed by atoms with Crippen LogP contribution >= 0.6 is 11.6 Å². The fourth-order valence-electron chi connectivity index (χ4n) is 4.71. The van der Waals surface area contributed by atoms with E-state index in [1.165, 1.54) is 18.2 Å². The summed E-state index contributed by atoms with van der Waals surface area (Å²) in [6.45, 7) is 5.26. The van der Waals surface area contributed by atoms with Crippen molar-refractivity contribution >= 4 is 38.4 Å². The molecule has 3 heterocycles. The number of furan rings is 1. The first-order chi connectivity index (χ1) is 15.0. The Labute approximate surface area is 191 Å². The van der Waals surface area contributed by atoms with E-state index in [9.17, 15) is 13.2 Å². The minimum Gasteiger partial charge on any atom is -0.461 e. The molecule has 0 radical (unpaired) electrons. The van der Waals surface area contributed by atoms with Gasteiger partial charge in [-0.2, -0.15) is 0 Å². The number of fused-ring (bicyclic) bond motifs is 6. The van der Waals surface area contributed by atoms with Gasteiger partial charge < -0.3 is 14.5 Å². The summed E-state index contributed by atoms with van der Waals surface area (Å²) in [6, 6.07) is 9.45. The lowest BCUT2D eigenvalue weighted by Gasteiger charge is -2.23. The summed E-state index contributed by atoms with van der Waals surface area (Å²) in [4.78, 5) is 13.4. The van der Waals surface area contributed by atoms with Gasteiger partial charge in [-0.25, -0.2) is 13.2 Å². The Hall–Kier alpha value is -2.35. The smallest absolute Gasteiger partial charge is 0.340 e. The van der Waals surface area contributed by atoms with Crippen LogP contribution in [-0.2, 0) is 21.0 Å². The number of nitrogens with one attached hydrogen (secondary N) is 1. The maximum Gasteiger partial charge on any atom is 0.340 e. The monoisotopic (exact) mass is 473 g/mol. The second-order valence-electron chi connectivity index (χ2n) is 9.41. The number of benzene rings is 2. The topological polar surface area (TPSA) is 85.6 Å². The third-order valence-electron chi connectivity index (χ3n) is 5.95. The molecule has 2 bridgehead atoms. The van der Waals surface area contributed by atoms with Crippen LogP contribution in [-0.4, -0.2) is 26.0 Å². The molecule has 2 aliphatic heterocycles. The molecule has 3 aromatic rings. The quantitative estimate of drug-likeness (QED) is 0.524. The lowest BCUT2D eigenvalue weighted by Crippen LogP contribution is -2.31. The SMILES string of the molecule is CC(C)(C)OC(=O)c1c(S(=O)(=O)c2cccc(Cl)c2)ccc2oc3c(c12)C1CCC(C3)N1. The van der Waals surface area contributed by atoms with Crippen LogP contribution < -0.4 is 5.32 Å². The molecular weight excluding hydrogens is 450 g/mol. The number of esters is 1. The molecule has 1 aromatic heterocycles. The third kappa shape index (κ3) is 3.52. The predicted molar refractivity (Wildman–Crippen MR) is 121 cm³/mol. The summed E-state index contributed by atoms with van der Waals surface area (Å²) in [5.74, 6) is 0.126. The van der Waals surface area contributed by atoms with Crippen LogP contribution in [0.4, 0.5) is 0 Å². The van der Waals surface area contributed by atoms with Gasteiger partial charge in [-0.05, 0) is 63.9 Å². The summed E-state index contributed by atoms with van der Waals surface area (Å²) < 4.78 is 39.1. The minimum absolute atomic E-state index is 0.0191. The molecule has 2 unspecified atom stereocenters. The number of ether oxygens (including phenoxy) is 1. The van der Waals surface area contributed by atoms with E-state index in [2.05, 4.69) is 5.32 Å². The molecular formula is C24H24ClNO5S. The van der Waals surface area contributed by atoms with Crippen LogP contribution in [0.5, 0.6) is 0 Å². The first-order valence-corrected chi connectivity index (χ1v) is 12.5. The summed E-state index contributed by atoms with van der Waals surface area (Å²) in [5.41, 5.74) is 0.596. The highest BCUT2D eigenvalue weighted by Crippen LogP contribution is 2.45. The summed E-state index contributed by atoms with van der Waals surface area (Å²) in [6.07, 6.45) is 2.63. The first-order valence-electron chi connectivity index (χ1n) is 10.6. The molecule has 0 saturated carbocycles. The average Bonchev–Trinajstić information content (AvgIpc) is 3.27. The fraction of sp³-hybridized carbons (Fsp3) is 0.375. The van der Waals surface area contributed by atoms with Crippen molar-refractivity contribution in [2.45, 2.75) is 67.5 Å². The predicted octanol–water partition coefficient (Wildman–Crippen LogP) is 5.22. The van der Waals surface area contributed by atoms with E-state index in [1.54, 1.807) is 39.0 Å². The van der Waals surface area contributed by atoms with Gasteiger partial charge in [-0.15, -0.1) is 0 Å². The highest BCUT2D eigenvalue weighted by Gasteiger charge is 2.39. The van der Waals surface area contributed by atoms with E-state index >= 15 is 0 Å². The Kier molecular flexibility index (Phi) is 4.93. The molecule has 2 aliphatic rings.